The fraction of sp³-hybridized carbons (Fsp3) is 0.600. The Bertz CT molecular complexity index is 524. The Kier molecular flexibility index (Phi) is 4.34. The quantitative estimate of drug-likeness (QED) is 0.780. The summed E-state index contributed by atoms with van der Waals surface area (Å²) in [7, 11) is -3.14. The summed E-state index contributed by atoms with van der Waals surface area (Å²) in [5, 5.41) is -0.531. The molecule has 0 spiro atoms. The van der Waals surface area contributed by atoms with Crippen molar-refractivity contribution in [3.8, 4) is 0 Å². The summed E-state index contributed by atoms with van der Waals surface area (Å²) in [6.45, 7) is 0.656. The van der Waals surface area contributed by atoms with E-state index in [1.165, 1.54) is 6.26 Å². The third-order valence-corrected chi connectivity index (χ3v) is 5.60. The molecule has 2 heterocycles. The molecule has 0 radical (unpaired) electrons. The third kappa shape index (κ3) is 3.07. The Morgan fingerprint density at radius 1 is 1.56 bits per heavy atom. The summed E-state index contributed by atoms with van der Waals surface area (Å²) in [6, 6.07) is 0. The molecule has 18 heavy (non-hydrogen) atoms. The molecule has 1 unspecified atom stereocenters. The molecule has 1 aliphatic heterocycles. The number of anilines is 1. The number of hydrogen-bond donors (Lipinski definition) is 0. The Labute approximate surface area is 116 Å². The van der Waals surface area contributed by atoms with Crippen molar-refractivity contribution in [2.75, 3.05) is 29.2 Å². The largest absolute Gasteiger partial charge is 0.337 e. The molecule has 0 bridgehead atoms. The molecule has 0 aromatic carbocycles. The lowest BCUT2D eigenvalue weighted by molar-refractivity contribution is 0.583. The molecular formula is C10H14ClN3O2S2. The standard InChI is InChI=1S/C10H14ClN3O2S2/c1-18(15,16)10-7-17-3-2-14(10)9-6-12-5-8(4-11)13-9/h5-6,10H,2-4,7H2,1H3. The molecular weight excluding hydrogens is 294 g/mol. The zero-order valence-corrected chi connectivity index (χ0v) is 12.3. The van der Waals surface area contributed by atoms with Crippen LogP contribution in [0.4, 0.5) is 5.82 Å². The zero-order chi connectivity index (χ0) is 13.2. The molecule has 1 fully saturated rings. The van der Waals surface area contributed by atoms with E-state index in [0.29, 0.717) is 23.8 Å². The van der Waals surface area contributed by atoms with Crippen molar-refractivity contribution in [1.82, 2.24) is 9.97 Å². The van der Waals surface area contributed by atoms with Gasteiger partial charge in [-0.05, 0) is 0 Å². The van der Waals surface area contributed by atoms with Crippen LogP contribution in [-0.2, 0) is 15.7 Å². The first-order valence-corrected chi connectivity index (χ1v) is 9.07. The third-order valence-electron chi connectivity index (χ3n) is 2.68. The maximum absolute atomic E-state index is 11.8. The Morgan fingerprint density at radius 2 is 2.33 bits per heavy atom. The van der Waals surface area contributed by atoms with Gasteiger partial charge >= 0.3 is 0 Å². The number of halogens is 1. The summed E-state index contributed by atoms with van der Waals surface area (Å²) in [4.78, 5) is 10.2. The highest BCUT2D eigenvalue weighted by Crippen LogP contribution is 2.25. The number of sulfone groups is 1. The average molecular weight is 308 g/mol. The summed E-state index contributed by atoms with van der Waals surface area (Å²) in [5.41, 5.74) is 0.652. The van der Waals surface area contributed by atoms with Gasteiger partial charge < -0.3 is 4.90 Å². The van der Waals surface area contributed by atoms with E-state index < -0.39 is 15.2 Å². The van der Waals surface area contributed by atoms with Gasteiger partial charge in [0.05, 0.1) is 17.8 Å². The number of hydrogen-bond acceptors (Lipinski definition) is 6. The minimum Gasteiger partial charge on any atom is -0.337 e. The van der Waals surface area contributed by atoms with Gasteiger partial charge in [-0.2, -0.15) is 11.8 Å². The van der Waals surface area contributed by atoms with Crippen molar-refractivity contribution < 1.29 is 8.42 Å². The molecule has 0 amide bonds. The van der Waals surface area contributed by atoms with Gasteiger partial charge in [-0.25, -0.2) is 13.4 Å². The van der Waals surface area contributed by atoms with E-state index >= 15 is 0 Å². The van der Waals surface area contributed by atoms with Crippen molar-refractivity contribution in [3.63, 3.8) is 0 Å². The van der Waals surface area contributed by atoms with Crippen LogP contribution in [0.15, 0.2) is 12.4 Å². The van der Waals surface area contributed by atoms with Crippen LogP contribution in [0.2, 0.25) is 0 Å². The molecule has 1 aromatic rings. The number of aromatic nitrogens is 2. The van der Waals surface area contributed by atoms with E-state index in [1.807, 2.05) is 0 Å². The Balaban J connectivity index is 2.33. The molecule has 1 atom stereocenters. The van der Waals surface area contributed by atoms with Crippen LogP contribution in [0.25, 0.3) is 0 Å². The molecule has 8 heteroatoms. The monoisotopic (exact) mass is 307 g/mol. The van der Waals surface area contributed by atoms with Crippen molar-refractivity contribution in [2.45, 2.75) is 11.3 Å². The second kappa shape index (κ2) is 5.63. The van der Waals surface area contributed by atoms with E-state index in [2.05, 4.69) is 9.97 Å². The predicted molar refractivity (Wildman–Crippen MR) is 74.9 cm³/mol. The molecule has 2 rings (SSSR count). The highest BCUT2D eigenvalue weighted by atomic mass is 35.5. The van der Waals surface area contributed by atoms with Gasteiger partial charge in [0.2, 0.25) is 0 Å². The summed E-state index contributed by atoms with van der Waals surface area (Å²) in [6.07, 6.45) is 4.43. The molecule has 1 saturated heterocycles. The minimum atomic E-state index is -3.14. The molecule has 1 aromatic heterocycles. The molecule has 0 N–H and O–H groups in total. The van der Waals surface area contributed by atoms with E-state index in [-0.39, 0.29) is 5.88 Å². The first-order valence-electron chi connectivity index (χ1n) is 5.42. The Morgan fingerprint density at radius 3 is 3.00 bits per heavy atom. The van der Waals surface area contributed by atoms with Gasteiger partial charge in [-0.3, -0.25) is 4.98 Å². The summed E-state index contributed by atoms with van der Waals surface area (Å²) < 4.78 is 23.6. The van der Waals surface area contributed by atoms with Crippen LogP contribution >= 0.6 is 23.4 Å². The molecule has 0 saturated carbocycles. The van der Waals surface area contributed by atoms with Crippen LogP contribution in [0.1, 0.15) is 5.69 Å². The molecule has 0 aliphatic carbocycles. The van der Waals surface area contributed by atoms with Gasteiger partial charge in [0.25, 0.3) is 0 Å². The van der Waals surface area contributed by atoms with E-state index in [0.717, 1.165) is 5.75 Å². The maximum atomic E-state index is 11.8. The van der Waals surface area contributed by atoms with Crippen molar-refractivity contribution in [2.24, 2.45) is 0 Å². The lowest BCUT2D eigenvalue weighted by Crippen LogP contribution is -2.47. The number of thioether (sulfide) groups is 1. The van der Waals surface area contributed by atoms with Crippen LogP contribution < -0.4 is 4.90 Å². The van der Waals surface area contributed by atoms with Gasteiger partial charge in [0, 0.05) is 30.5 Å². The fourth-order valence-electron chi connectivity index (χ4n) is 1.80. The van der Waals surface area contributed by atoms with Crippen LogP contribution in [0.5, 0.6) is 0 Å². The second-order valence-corrected chi connectivity index (χ2v) is 7.68. The van der Waals surface area contributed by atoms with Gasteiger partial charge in [0.15, 0.2) is 9.84 Å². The zero-order valence-electron chi connectivity index (χ0n) is 9.91. The molecule has 100 valence electrons. The first kappa shape index (κ1) is 13.9. The van der Waals surface area contributed by atoms with E-state index in [1.54, 1.807) is 29.1 Å². The lowest BCUT2D eigenvalue weighted by Gasteiger charge is -2.34. The smallest absolute Gasteiger partial charge is 0.169 e. The highest BCUT2D eigenvalue weighted by Gasteiger charge is 2.32. The van der Waals surface area contributed by atoms with Crippen molar-refractivity contribution >= 4 is 39.0 Å². The Hall–Kier alpha value is -0.530. The maximum Gasteiger partial charge on any atom is 0.169 e. The van der Waals surface area contributed by atoms with Gasteiger partial charge in [0.1, 0.15) is 11.2 Å². The van der Waals surface area contributed by atoms with Crippen LogP contribution in [0.3, 0.4) is 0 Å². The van der Waals surface area contributed by atoms with Crippen molar-refractivity contribution in [3.05, 3.63) is 18.1 Å². The normalized spacial score (nSPS) is 21.0. The second-order valence-electron chi connectivity index (χ2n) is 4.05. The molecule has 1 aliphatic rings. The highest BCUT2D eigenvalue weighted by molar-refractivity contribution is 8.01. The van der Waals surface area contributed by atoms with Crippen LogP contribution in [-0.4, -0.2) is 48.1 Å². The van der Waals surface area contributed by atoms with Crippen molar-refractivity contribution in [1.29, 1.82) is 0 Å². The number of alkyl halides is 1. The van der Waals surface area contributed by atoms with E-state index in [9.17, 15) is 8.42 Å². The summed E-state index contributed by atoms with van der Waals surface area (Å²) >= 11 is 7.36. The summed E-state index contributed by atoms with van der Waals surface area (Å²) in [5.74, 6) is 2.31. The van der Waals surface area contributed by atoms with E-state index in [4.69, 9.17) is 11.6 Å². The SMILES string of the molecule is CS(=O)(=O)C1CSCCN1c1cncc(CCl)n1. The molecule has 5 nitrogen and oxygen atoms in total. The topological polar surface area (TPSA) is 63.2 Å². The van der Waals surface area contributed by atoms with Crippen LogP contribution in [0, 0.1) is 0 Å². The van der Waals surface area contributed by atoms with Gasteiger partial charge in [-0.1, -0.05) is 0 Å². The lowest BCUT2D eigenvalue weighted by atomic mass is 10.4. The predicted octanol–water partition coefficient (Wildman–Crippen LogP) is 1.14. The first-order chi connectivity index (χ1) is 8.52. The number of nitrogens with zero attached hydrogens (tertiary/aromatic N) is 3. The number of rotatable bonds is 3. The minimum absolute atomic E-state index is 0.271. The fourth-order valence-corrected chi connectivity index (χ4v) is 4.75. The average Bonchev–Trinajstić information content (AvgIpc) is 2.38. The van der Waals surface area contributed by atoms with Gasteiger partial charge in [-0.15, -0.1) is 11.6 Å².